The second kappa shape index (κ2) is 9.87. The van der Waals surface area contributed by atoms with Crippen LogP contribution in [0.15, 0.2) is 48.5 Å². The Morgan fingerprint density at radius 3 is 2.05 bits per heavy atom. The molecule has 0 heterocycles. The summed E-state index contributed by atoms with van der Waals surface area (Å²) in [5.74, 6) is 1.59. The SMILES string of the molecule is CCC.CCc1ccc(OCc2ccccc2)c(OC)c1. The van der Waals surface area contributed by atoms with E-state index >= 15 is 0 Å². The van der Waals surface area contributed by atoms with Crippen LogP contribution < -0.4 is 9.47 Å². The van der Waals surface area contributed by atoms with Crippen molar-refractivity contribution in [3.63, 3.8) is 0 Å². The van der Waals surface area contributed by atoms with E-state index in [4.69, 9.17) is 9.47 Å². The highest BCUT2D eigenvalue weighted by molar-refractivity contribution is 5.43. The van der Waals surface area contributed by atoms with Crippen LogP contribution in [0.2, 0.25) is 0 Å². The summed E-state index contributed by atoms with van der Waals surface area (Å²) in [6.45, 7) is 6.93. The smallest absolute Gasteiger partial charge is 0.161 e. The van der Waals surface area contributed by atoms with Crippen molar-refractivity contribution >= 4 is 0 Å². The van der Waals surface area contributed by atoms with Gasteiger partial charge >= 0.3 is 0 Å². The van der Waals surface area contributed by atoms with Crippen molar-refractivity contribution in [1.82, 2.24) is 0 Å². The Morgan fingerprint density at radius 2 is 1.48 bits per heavy atom. The van der Waals surface area contributed by atoms with Crippen LogP contribution in [0, 0.1) is 0 Å². The average Bonchev–Trinajstić information content (AvgIpc) is 2.54. The van der Waals surface area contributed by atoms with Crippen molar-refractivity contribution in [2.24, 2.45) is 0 Å². The summed E-state index contributed by atoms with van der Waals surface area (Å²) in [5, 5.41) is 0. The first kappa shape index (κ1) is 17.1. The van der Waals surface area contributed by atoms with Gasteiger partial charge in [0.2, 0.25) is 0 Å². The van der Waals surface area contributed by atoms with Gasteiger partial charge in [-0.1, -0.05) is 63.6 Å². The third-order valence-electron chi connectivity index (χ3n) is 2.87. The van der Waals surface area contributed by atoms with Crippen molar-refractivity contribution in [1.29, 1.82) is 0 Å². The molecule has 0 aliphatic rings. The summed E-state index contributed by atoms with van der Waals surface area (Å²) in [4.78, 5) is 0. The molecule has 2 nitrogen and oxygen atoms in total. The van der Waals surface area contributed by atoms with E-state index in [1.807, 2.05) is 42.5 Å². The molecule has 0 bridgehead atoms. The molecular weight excluding hydrogens is 260 g/mol. The largest absolute Gasteiger partial charge is 0.493 e. The van der Waals surface area contributed by atoms with Gasteiger partial charge in [-0.05, 0) is 29.7 Å². The lowest BCUT2D eigenvalue weighted by atomic mass is 10.1. The summed E-state index contributed by atoms with van der Waals surface area (Å²) in [6.07, 6.45) is 2.25. The van der Waals surface area contributed by atoms with Gasteiger partial charge in [0.15, 0.2) is 11.5 Å². The molecule has 0 radical (unpaired) electrons. The van der Waals surface area contributed by atoms with E-state index in [-0.39, 0.29) is 0 Å². The zero-order chi connectivity index (χ0) is 15.5. The lowest BCUT2D eigenvalue weighted by Gasteiger charge is -2.11. The van der Waals surface area contributed by atoms with Gasteiger partial charge in [0.25, 0.3) is 0 Å². The predicted octanol–water partition coefficient (Wildman–Crippen LogP) is 5.25. The maximum atomic E-state index is 5.79. The lowest BCUT2D eigenvalue weighted by Crippen LogP contribution is -1.98. The summed E-state index contributed by atoms with van der Waals surface area (Å²) >= 11 is 0. The van der Waals surface area contributed by atoms with Crippen LogP contribution in [0.25, 0.3) is 0 Å². The van der Waals surface area contributed by atoms with Crippen LogP contribution in [0.4, 0.5) is 0 Å². The Hall–Kier alpha value is -1.96. The molecule has 0 saturated carbocycles. The van der Waals surface area contributed by atoms with Gasteiger partial charge in [-0.3, -0.25) is 0 Å². The van der Waals surface area contributed by atoms with Gasteiger partial charge in [0.1, 0.15) is 6.61 Å². The maximum Gasteiger partial charge on any atom is 0.161 e. The van der Waals surface area contributed by atoms with Crippen LogP contribution in [-0.4, -0.2) is 7.11 Å². The van der Waals surface area contributed by atoms with E-state index in [9.17, 15) is 0 Å². The summed E-state index contributed by atoms with van der Waals surface area (Å²) in [5.41, 5.74) is 2.40. The third-order valence-corrected chi connectivity index (χ3v) is 2.87. The summed E-state index contributed by atoms with van der Waals surface area (Å²) in [7, 11) is 1.67. The summed E-state index contributed by atoms with van der Waals surface area (Å²) < 4.78 is 11.1. The molecule has 0 N–H and O–H groups in total. The number of benzene rings is 2. The van der Waals surface area contributed by atoms with Crippen molar-refractivity contribution in [3.05, 3.63) is 59.7 Å². The Labute approximate surface area is 128 Å². The van der Waals surface area contributed by atoms with E-state index in [1.165, 1.54) is 12.0 Å². The van der Waals surface area contributed by atoms with E-state index in [0.29, 0.717) is 6.61 Å². The minimum Gasteiger partial charge on any atom is -0.493 e. The molecular formula is C19H26O2. The molecule has 0 spiro atoms. The van der Waals surface area contributed by atoms with Crippen LogP contribution in [0.3, 0.4) is 0 Å². The van der Waals surface area contributed by atoms with E-state index < -0.39 is 0 Å². The normalized spacial score (nSPS) is 9.52. The molecule has 0 unspecified atom stereocenters. The number of ether oxygens (including phenoxy) is 2. The van der Waals surface area contributed by atoms with E-state index in [1.54, 1.807) is 7.11 Å². The molecule has 21 heavy (non-hydrogen) atoms. The first-order chi connectivity index (χ1) is 10.2. The first-order valence-corrected chi connectivity index (χ1v) is 7.58. The molecule has 0 aliphatic carbocycles. The van der Waals surface area contributed by atoms with Gasteiger partial charge in [-0.25, -0.2) is 0 Å². The number of hydrogen-bond acceptors (Lipinski definition) is 2. The molecule has 0 aliphatic heterocycles. The summed E-state index contributed by atoms with van der Waals surface area (Å²) in [6, 6.07) is 16.2. The molecule has 0 aromatic heterocycles. The highest BCUT2D eigenvalue weighted by atomic mass is 16.5. The van der Waals surface area contributed by atoms with Gasteiger partial charge < -0.3 is 9.47 Å². The minimum absolute atomic E-state index is 0.558. The van der Waals surface area contributed by atoms with E-state index in [2.05, 4.69) is 26.8 Å². The molecule has 2 heteroatoms. The fourth-order valence-electron chi connectivity index (χ4n) is 1.79. The average molecular weight is 286 g/mol. The number of aryl methyl sites for hydroxylation is 1. The second-order valence-electron chi connectivity index (χ2n) is 4.82. The number of rotatable bonds is 5. The quantitative estimate of drug-likeness (QED) is 0.747. The number of hydrogen-bond donors (Lipinski definition) is 0. The van der Waals surface area contributed by atoms with Crippen LogP contribution in [0.1, 0.15) is 38.3 Å². The van der Waals surface area contributed by atoms with Crippen molar-refractivity contribution < 1.29 is 9.47 Å². The van der Waals surface area contributed by atoms with Crippen molar-refractivity contribution in [2.45, 2.75) is 40.2 Å². The third kappa shape index (κ3) is 5.90. The maximum absolute atomic E-state index is 5.79. The molecule has 2 aromatic rings. The Bertz CT molecular complexity index is 506. The predicted molar refractivity (Wildman–Crippen MR) is 89.1 cm³/mol. The van der Waals surface area contributed by atoms with E-state index in [0.717, 1.165) is 23.5 Å². The van der Waals surface area contributed by atoms with Gasteiger partial charge in [-0.15, -0.1) is 0 Å². The fraction of sp³-hybridized carbons (Fsp3) is 0.368. The number of methoxy groups -OCH3 is 1. The Balaban J connectivity index is 0.000000677. The van der Waals surface area contributed by atoms with Crippen molar-refractivity contribution in [2.75, 3.05) is 7.11 Å². The highest BCUT2D eigenvalue weighted by Gasteiger charge is 2.05. The fourth-order valence-corrected chi connectivity index (χ4v) is 1.79. The van der Waals surface area contributed by atoms with Crippen LogP contribution in [0.5, 0.6) is 11.5 Å². The second-order valence-corrected chi connectivity index (χ2v) is 4.82. The lowest BCUT2D eigenvalue weighted by molar-refractivity contribution is 0.284. The highest BCUT2D eigenvalue weighted by Crippen LogP contribution is 2.28. The zero-order valence-corrected chi connectivity index (χ0v) is 13.6. The standard InChI is InChI=1S/C16H18O2.C3H8/c1-3-13-9-10-15(16(11-13)17-2)18-12-14-7-5-4-6-8-14;1-3-2/h4-11H,3,12H2,1-2H3;3H2,1-2H3. The zero-order valence-electron chi connectivity index (χ0n) is 13.6. The topological polar surface area (TPSA) is 18.5 Å². The van der Waals surface area contributed by atoms with Gasteiger partial charge in [0, 0.05) is 0 Å². The Kier molecular flexibility index (Phi) is 8.03. The molecule has 0 fully saturated rings. The molecule has 2 rings (SSSR count). The molecule has 2 aromatic carbocycles. The minimum atomic E-state index is 0.558. The van der Waals surface area contributed by atoms with Crippen molar-refractivity contribution in [3.8, 4) is 11.5 Å². The van der Waals surface area contributed by atoms with Gasteiger partial charge in [-0.2, -0.15) is 0 Å². The van der Waals surface area contributed by atoms with Gasteiger partial charge in [0.05, 0.1) is 7.11 Å². The molecule has 114 valence electrons. The first-order valence-electron chi connectivity index (χ1n) is 7.58. The monoisotopic (exact) mass is 286 g/mol. The molecule has 0 atom stereocenters. The Morgan fingerprint density at radius 1 is 0.810 bits per heavy atom. The van der Waals surface area contributed by atoms with Crippen LogP contribution in [-0.2, 0) is 13.0 Å². The molecule has 0 saturated heterocycles. The van der Waals surface area contributed by atoms with Crippen LogP contribution >= 0.6 is 0 Å². The molecule has 0 amide bonds.